The minimum Gasteiger partial charge on any atom is -0.399 e. The van der Waals surface area contributed by atoms with Gasteiger partial charge in [0.2, 0.25) is 10.0 Å². The van der Waals surface area contributed by atoms with Gasteiger partial charge in [-0.25, -0.2) is 17.5 Å². The van der Waals surface area contributed by atoms with E-state index in [1.807, 2.05) is 7.05 Å². The summed E-state index contributed by atoms with van der Waals surface area (Å²) < 4.78 is 40.0. The second-order valence-corrected chi connectivity index (χ2v) is 7.10. The molecular formula is C14H24FN3O2S. The lowest BCUT2D eigenvalue weighted by Gasteiger charge is -2.20. The van der Waals surface area contributed by atoms with E-state index < -0.39 is 15.8 Å². The summed E-state index contributed by atoms with van der Waals surface area (Å²) in [7, 11) is -1.79. The van der Waals surface area contributed by atoms with Gasteiger partial charge in [0.25, 0.3) is 0 Å². The van der Waals surface area contributed by atoms with Crippen LogP contribution in [-0.2, 0) is 10.0 Å². The average Bonchev–Trinajstić information content (AvgIpc) is 2.37. The van der Waals surface area contributed by atoms with Gasteiger partial charge >= 0.3 is 0 Å². The monoisotopic (exact) mass is 317 g/mol. The highest BCUT2D eigenvalue weighted by molar-refractivity contribution is 7.89. The molecule has 120 valence electrons. The van der Waals surface area contributed by atoms with E-state index in [2.05, 4.69) is 23.5 Å². The first kappa shape index (κ1) is 17.9. The van der Waals surface area contributed by atoms with Gasteiger partial charge in [-0.3, -0.25) is 0 Å². The molecule has 0 spiro atoms. The van der Waals surface area contributed by atoms with Crippen LogP contribution in [0.2, 0.25) is 0 Å². The van der Waals surface area contributed by atoms with E-state index in [-0.39, 0.29) is 17.1 Å². The van der Waals surface area contributed by atoms with Gasteiger partial charge in [0, 0.05) is 18.3 Å². The molecule has 5 nitrogen and oxygen atoms in total. The van der Waals surface area contributed by atoms with Crippen LogP contribution >= 0.6 is 0 Å². The highest BCUT2D eigenvalue weighted by atomic mass is 32.2. The van der Waals surface area contributed by atoms with Crippen LogP contribution in [0, 0.1) is 5.82 Å². The zero-order valence-electron chi connectivity index (χ0n) is 12.8. The molecule has 1 aromatic carbocycles. The third kappa shape index (κ3) is 5.61. The molecule has 0 aromatic heterocycles. The number of nitrogens with two attached hydrogens (primary N) is 1. The Labute approximate surface area is 126 Å². The largest absolute Gasteiger partial charge is 0.399 e. The summed E-state index contributed by atoms with van der Waals surface area (Å²) in [6.45, 7) is 5.40. The van der Waals surface area contributed by atoms with Gasteiger partial charge in [-0.1, -0.05) is 0 Å². The molecule has 0 saturated carbocycles. The van der Waals surface area contributed by atoms with Crippen LogP contribution in [0.15, 0.2) is 23.1 Å². The molecule has 0 atom stereocenters. The minimum absolute atomic E-state index is 0.197. The topological polar surface area (TPSA) is 75.4 Å². The molecule has 0 aliphatic rings. The normalized spacial score (nSPS) is 12.3. The van der Waals surface area contributed by atoms with Crippen molar-refractivity contribution in [2.45, 2.75) is 37.6 Å². The molecule has 3 N–H and O–H groups in total. The first-order valence-corrected chi connectivity index (χ1v) is 8.47. The van der Waals surface area contributed by atoms with Gasteiger partial charge in [0.05, 0.1) is 0 Å². The quantitative estimate of drug-likeness (QED) is 0.566. The lowest BCUT2D eigenvalue weighted by molar-refractivity contribution is 0.268. The maximum Gasteiger partial charge on any atom is 0.243 e. The van der Waals surface area contributed by atoms with Gasteiger partial charge in [0.15, 0.2) is 0 Å². The molecule has 0 aliphatic heterocycles. The fourth-order valence-electron chi connectivity index (χ4n) is 1.76. The zero-order chi connectivity index (χ0) is 16.0. The second kappa shape index (κ2) is 7.72. The van der Waals surface area contributed by atoms with Crippen molar-refractivity contribution in [1.29, 1.82) is 0 Å². The zero-order valence-corrected chi connectivity index (χ0v) is 13.6. The van der Waals surface area contributed by atoms with Crippen molar-refractivity contribution >= 4 is 15.7 Å². The molecule has 1 aromatic rings. The van der Waals surface area contributed by atoms with Gasteiger partial charge < -0.3 is 10.6 Å². The lowest BCUT2D eigenvalue weighted by Crippen LogP contribution is -2.29. The van der Waals surface area contributed by atoms with Crippen LogP contribution in [0.25, 0.3) is 0 Å². The number of sulfonamides is 1. The van der Waals surface area contributed by atoms with Crippen LogP contribution in [-0.4, -0.2) is 39.5 Å². The fourth-order valence-corrected chi connectivity index (χ4v) is 2.90. The molecule has 0 unspecified atom stereocenters. The van der Waals surface area contributed by atoms with E-state index in [4.69, 9.17) is 5.73 Å². The lowest BCUT2D eigenvalue weighted by atomic mass is 10.2. The van der Waals surface area contributed by atoms with Crippen LogP contribution < -0.4 is 10.5 Å². The van der Waals surface area contributed by atoms with Gasteiger partial charge in [0.1, 0.15) is 10.7 Å². The fraction of sp³-hybridized carbons (Fsp3) is 0.571. The van der Waals surface area contributed by atoms with E-state index >= 15 is 0 Å². The van der Waals surface area contributed by atoms with Crippen molar-refractivity contribution in [3.05, 3.63) is 24.0 Å². The summed E-state index contributed by atoms with van der Waals surface area (Å²) in [6, 6.07) is 4.02. The Balaban J connectivity index is 2.47. The summed E-state index contributed by atoms with van der Waals surface area (Å²) >= 11 is 0. The van der Waals surface area contributed by atoms with Crippen LogP contribution in [0.4, 0.5) is 10.1 Å². The summed E-state index contributed by atoms with van der Waals surface area (Å²) in [5, 5.41) is 0. The van der Waals surface area contributed by atoms with Gasteiger partial charge in [-0.15, -0.1) is 0 Å². The Hall–Kier alpha value is -1.18. The number of nitrogens with one attached hydrogen (secondary N) is 1. The summed E-state index contributed by atoms with van der Waals surface area (Å²) in [5.74, 6) is -0.831. The molecule has 0 aliphatic carbocycles. The SMILES string of the molecule is CC(C)N(C)CCCCNS(=O)(=O)c1ccc(N)cc1F. The van der Waals surface area contributed by atoms with E-state index in [0.717, 1.165) is 19.0 Å². The molecule has 0 radical (unpaired) electrons. The minimum atomic E-state index is -3.82. The summed E-state index contributed by atoms with van der Waals surface area (Å²) in [6.07, 6.45) is 1.58. The molecule has 0 fully saturated rings. The highest BCUT2D eigenvalue weighted by Gasteiger charge is 2.18. The maximum absolute atomic E-state index is 13.6. The Morgan fingerprint density at radius 1 is 1.33 bits per heavy atom. The predicted octanol–water partition coefficient (Wildman–Crippen LogP) is 1.81. The third-order valence-electron chi connectivity index (χ3n) is 3.36. The Morgan fingerprint density at radius 3 is 2.57 bits per heavy atom. The van der Waals surface area contributed by atoms with Crippen molar-refractivity contribution < 1.29 is 12.8 Å². The average molecular weight is 317 g/mol. The van der Waals surface area contributed by atoms with Crippen molar-refractivity contribution in [1.82, 2.24) is 9.62 Å². The summed E-state index contributed by atoms with van der Waals surface area (Å²) in [4.78, 5) is 1.82. The Morgan fingerprint density at radius 2 is 2.00 bits per heavy atom. The number of unbranched alkanes of at least 4 members (excludes halogenated alkanes) is 1. The molecule has 0 amide bonds. The van der Waals surface area contributed by atoms with Crippen molar-refractivity contribution in [2.75, 3.05) is 25.9 Å². The van der Waals surface area contributed by atoms with Crippen molar-refractivity contribution in [3.8, 4) is 0 Å². The molecule has 21 heavy (non-hydrogen) atoms. The molecule has 1 rings (SSSR count). The number of rotatable bonds is 8. The highest BCUT2D eigenvalue weighted by Crippen LogP contribution is 2.16. The van der Waals surface area contributed by atoms with Gasteiger partial charge in [-0.05, 0) is 58.5 Å². The molecule has 0 bridgehead atoms. The number of hydrogen-bond acceptors (Lipinski definition) is 4. The predicted molar refractivity (Wildman–Crippen MR) is 83.0 cm³/mol. The van der Waals surface area contributed by atoms with Crippen molar-refractivity contribution in [3.63, 3.8) is 0 Å². The smallest absolute Gasteiger partial charge is 0.243 e. The van der Waals surface area contributed by atoms with Crippen molar-refractivity contribution in [2.24, 2.45) is 0 Å². The first-order chi connectivity index (χ1) is 9.74. The second-order valence-electron chi connectivity index (χ2n) is 5.37. The number of nitrogens with zero attached hydrogens (tertiary/aromatic N) is 1. The number of nitrogen functional groups attached to an aromatic ring is 1. The first-order valence-electron chi connectivity index (χ1n) is 6.99. The molecule has 0 saturated heterocycles. The van der Waals surface area contributed by atoms with E-state index in [0.29, 0.717) is 12.5 Å². The van der Waals surface area contributed by atoms with Crippen LogP contribution in [0.5, 0.6) is 0 Å². The number of halogens is 1. The number of hydrogen-bond donors (Lipinski definition) is 2. The number of anilines is 1. The Kier molecular flexibility index (Phi) is 6.57. The molecular weight excluding hydrogens is 293 g/mol. The van der Waals surface area contributed by atoms with Crippen LogP contribution in [0.1, 0.15) is 26.7 Å². The van der Waals surface area contributed by atoms with E-state index in [1.165, 1.54) is 12.1 Å². The van der Waals surface area contributed by atoms with Crippen LogP contribution in [0.3, 0.4) is 0 Å². The van der Waals surface area contributed by atoms with E-state index in [1.54, 1.807) is 0 Å². The summed E-state index contributed by atoms with van der Waals surface area (Å²) in [5.41, 5.74) is 5.60. The number of benzene rings is 1. The molecule has 0 heterocycles. The molecule has 7 heteroatoms. The van der Waals surface area contributed by atoms with E-state index in [9.17, 15) is 12.8 Å². The van der Waals surface area contributed by atoms with Gasteiger partial charge in [-0.2, -0.15) is 0 Å². The Bertz CT molecular complexity index is 561. The standard InChI is InChI=1S/C14H24FN3O2S/c1-11(2)18(3)9-5-4-8-17-21(19,20)14-7-6-12(16)10-13(14)15/h6-7,10-11,17H,4-5,8-9,16H2,1-3H3. The maximum atomic E-state index is 13.6. The third-order valence-corrected chi connectivity index (χ3v) is 4.85.